The number of nitrogens with one attached hydrogen (secondary N) is 3. The van der Waals surface area contributed by atoms with Crippen molar-refractivity contribution in [3.8, 4) is 0 Å². The summed E-state index contributed by atoms with van der Waals surface area (Å²) in [6.07, 6.45) is 3.31. The quantitative estimate of drug-likeness (QED) is 0.298. The fourth-order valence-electron chi connectivity index (χ4n) is 4.45. The Balaban J connectivity index is 1.77. The van der Waals surface area contributed by atoms with E-state index in [-0.39, 0.29) is 12.8 Å². The van der Waals surface area contributed by atoms with E-state index >= 15 is 0 Å². The summed E-state index contributed by atoms with van der Waals surface area (Å²) in [6, 6.07) is 6.20. The summed E-state index contributed by atoms with van der Waals surface area (Å²) in [4.78, 5) is 72.6. The van der Waals surface area contributed by atoms with E-state index < -0.39 is 53.4 Å². The first-order valence-electron chi connectivity index (χ1n) is 12.7. The molecule has 0 radical (unpaired) electrons. The Morgan fingerprint density at radius 2 is 1.85 bits per heavy atom. The van der Waals surface area contributed by atoms with Crippen molar-refractivity contribution >= 4 is 29.7 Å². The molecule has 39 heavy (non-hydrogen) atoms. The van der Waals surface area contributed by atoms with Crippen LogP contribution in [0.15, 0.2) is 42.9 Å². The van der Waals surface area contributed by atoms with E-state index in [2.05, 4.69) is 25.3 Å². The van der Waals surface area contributed by atoms with Gasteiger partial charge in [0.1, 0.15) is 11.6 Å². The lowest BCUT2D eigenvalue weighted by Crippen LogP contribution is -2.56. The summed E-state index contributed by atoms with van der Waals surface area (Å²) in [5.74, 6) is -3.14. The lowest BCUT2D eigenvalue weighted by atomic mass is 9.99. The molecule has 1 unspecified atom stereocenters. The Morgan fingerprint density at radius 1 is 1.13 bits per heavy atom. The van der Waals surface area contributed by atoms with Crippen molar-refractivity contribution in [1.29, 1.82) is 0 Å². The number of carbonyl (C=O) groups excluding carboxylic acids is 5. The normalized spacial score (nSPS) is 17.1. The minimum absolute atomic E-state index is 0.0319. The molecule has 0 saturated carbocycles. The van der Waals surface area contributed by atoms with Crippen LogP contribution in [0.25, 0.3) is 0 Å². The third-order valence-electron chi connectivity index (χ3n) is 6.19. The number of aromatic nitrogens is 2. The number of hydrogen-bond acceptors (Lipinski definition) is 9. The molecular formula is C27H35N5O7. The van der Waals surface area contributed by atoms with Crippen LogP contribution in [0, 0.1) is 0 Å². The maximum Gasteiger partial charge on any atom is 0.408 e. The second-order valence-electron chi connectivity index (χ2n) is 10.3. The second-order valence-corrected chi connectivity index (χ2v) is 10.3. The molecule has 1 aromatic heterocycles. The van der Waals surface area contributed by atoms with Gasteiger partial charge in [0.05, 0.1) is 25.5 Å². The zero-order valence-electron chi connectivity index (χ0n) is 22.6. The molecule has 3 N–H and O–H groups in total. The zero-order chi connectivity index (χ0) is 28.6. The first kappa shape index (κ1) is 29.5. The number of aromatic amines is 1. The zero-order valence-corrected chi connectivity index (χ0v) is 22.6. The average Bonchev–Trinajstić information content (AvgIpc) is 3.58. The van der Waals surface area contributed by atoms with Crippen molar-refractivity contribution in [1.82, 2.24) is 25.5 Å². The van der Waals surface area contributed by atoms with Crippen LogP contribution >= 0.6 is 0 Å². The number of ether oxygens (including phenoxy) is 2. The highest BCUT2D eigenvalue weighted by atomic mass is 16.6. The van der Waals surface area contributed by atoms with Crippen LogP contribution in [0.4, 0.5) is 4.79 Å². The van der Waals surface area contributed by atoms with E-state index in [0.717, 1.165) is 12.7 Å². The number of H-pyrrole nitrogens is 1. The van der Waals surface area contributed by atoms with Gasteiger partial charge in [-0.15, -0.1) is 0 Å². The van der Waals surface area contributed by atoms with Gasteiger partial charge in [-0.1, -0.05) is 30.3 Å². The molecule has 3 rings (SSSR count). The molecule has 0 spiro atoms. The number of imide groups is 1. The number of nitrogens with zero attached hydrogens (tertiary/aromatic N) is 2. The minimum atomic E-state index is -1.14. The molecule has 1 fully saturated rings. The molecule has 2 heterocycles. The first-order valence-corrected chi connectivity index (χ1v) is 12.7. The number of esters is 1. The first-order chi connectivity index (χ1) is 18.5. The summed E-state index contributed by atoms with van der Waals surface area (Å²) in [5, 5.41) is 4.89. The molecule has 3 atom stereocenters. The molecule has 210 valence electrons. The predicted molar refractivity (Wildman–Crippen MR) is 139 cm³/mol. The lowest BCUT2D eigenvalue weighted by molar-refractivity contribution is -0.154. The van der Waals surface area contributed by atoms with Crippen LogP contribution in [0.2, 0.25) is 0 Å². The van der Waals surface area contributed by atoms with Gasteiger partial charge in [-0.05, 0) is 52.1 Å². The van der Waals surface area contributed by atoms with Gasteiger partial charge < -0.3 is 19.8 Å². The Hall–Kier alpha value is -4.06. The van der Waals surface area contributed by atoms with Gasteiger partial charge in [-0.25, -0.2) is 14.6 Å². The van der Waals surface area contributed by atoms with Crippen molar-refractivity contribution in [2.75, 3.05) is 13.7 Å². The summed E-state index contributed by atoms with van der Waals surface area (Å²) in [7, 11) is 1.13. The number of ketones is 1. The van der Waals surface area contributed by atoms with Crippen LogP contribution in [0.3, 0.4) is 0 Å². The van der Waals surface area contributed by atoms with Crippen molar-refractivity contribution in [2.45, 2.75) is 70.2 Å². The van der Waals surface area contributed by atoms with Gasteiger partial charge in [0.2, 0.25) is 11.8 Å². The number of hydrogen-bond donors (Lipinski definition) is 3. The van der Waals surface area contributed by atoms with E-state index in [1.807, 2.05) is 30.3 Å². The number of likely N-dealkylation sites (tertiary alicyclic amines) is 1. The molecule has 0 aliphatic carbocycles. The Labute approximate surface area is 226 Å². The van der Waals surface area contributed by atoms with Crippen LogP contribution in [0.1, 0.15) is 44.9 Å². The van der Waals surface area contributed by atoms with Crippen molar-refractivity contribution < 1.29 is 33.4 Å². The summed E-state index contributed by atoms with van der Waals surface area (Å²) in [5.41, 5.74) is 0.579. The molecule has 1 aliphatic heterocycles. The highest BCUT2D eigenvalue weighted by Crippen LogP contribution is 2.24. The third kappa shape index (κ3) is 8.47. The molecule has 12 heteroatoms. The average molecular weight is 542 g/mol. The molecule has 12 nitrogen and oxygen atoms in total. The van der Waals surface area contributed by atoms with E-state index in [1.165, 1.54) is 12.5 Å². The standard InChI is InChI=1S/C27H35N5O7/c1-27(2,3)39-26(37)30-19(14-18-15-28-16-29-18)23(34)31-24(35)20-11-8-12-32(20)21(22(33)25(36)38-4)13-17-9-6-5-7-10-17/h5-7,9-10,15-16,19-21H,8,11-14H2,1-4H3,(H,28,29)(H,30,37)(H,31,34,35)/t19-,20-,21?/m0/s1. The minimum Gasteiger partial charge on any atom is -0.463 e. The molecule has 0 bridgehead atoms. The smallest absolute Gasteiger partial charge is 0.408 e. The fraction of sp³-hybridized carbons (Fsp3) is 0.481. The lowest BCUT2D eigenvalue weighted by Gasteiger charge is -2.31. The van der Waals surface area contributed by atoms with E-state index in [9.17, 15) is 24.0 Å². The number of carbonyl (C=O) groups is 5. The number of Topliss-reactive ketones (excluding diaryl/α,β-unsaturated/α-hetero) is 1. The number of methoxy groups -OCH3 is 1. The van der Waals surface area contributed by atoms with Gasteiger partial charge in [0.15, 0.2) is 0 Å². The Bertz CT molecular complexity index is 1160. The molecule has 3 amide bonds. The van der Waals surface area contributed by atoms with Crippen molar-refractivity contribution in [3.63, 3.8) is 0 Å². The van der Waals surface area contributed by atoms with Gasteiger partial charge in [0, 0.05) is 18.3 Å². The van der Waals surface area contributed by atoms with Gasteiger partial charge >= 0.3 is 12.1 Å². The van der Waals surface area contributed by atoms with Gasteiger partial charge in [-0.2, -0.15) is 0 Å². The third-order valence-corrected chi connectivity index (χ3v) is 6.19. The Morgan fingerprint density at radius 3 is 2.46 bits per heavy atom. The summed E-state index contributed by atoms with van der Waals surface area (Å²) in [6.45, 7) is 5.45. The number of amides is 3. The van der Waals surface area contributed by atoms with Crippen LogP contribution in [-0.4, -0.2) is 81.9 Å². The monoisotopic (exact) mass is 541 g/mol. The summed E-state index contributed by atoms with van der Waals surface area (Å²) < 4.78 is 9.95. The van der Waals surface area contributed by atoms with Crippen LogP contribution in [-0.2, 0) is 41.5 Å². The predicted octanol–water partition coefficient (Wildman–Crippen LogP) is 1.31. The van der Waals surface area contributed by atoms with Gasteiger partial charge in [0.25, 0.3) is 5.78 Å². The highest BCUT2D eigenvalue weighted by Gasteiger charge is 2.41. The number of alkyl carbamates (subject to hydrolysis) is 1. The number of rotatable bonds is 10. The molecular weight excluding hydrogens is 506 g/mol. The van der Waals surface area contributed by atoms with Crippen LogP contribution in [0.5, 0.6) is 0 Å². The van der Waals surface area contributed by atoms with E-state index in [1.54, 1.807) is 25.7 Å². The summed E-state index contributed by atoms with van der Waals surface area (Å²) >= 11 is 0. The van der Waals surface area contributed by atoms with Crippen molar-refractivity contribution in [3.05, 3.63) is 54.1 Å². The second kappa shape index (κ2) is 13.1. The SMILES string of the molecule is COC(=O)C(=O)C(Cc1ccccc1)N1CCC[C@H]1C(=O)NC(=O)[C@H](Cc1cnc[nH]1)NC(=O)OC(C)(C)C. The van der Waals surface area contributed by atoms with E-state index in [4.69, 9.17) is 4.74 Å². The number of benzene rings is 1. The largest absolute Gasteiger partial charge is 0.463 e. The maximum atomic E-state index is 13.3. The highest BCUT2D eigenvalue weighted by molar-refractivity contribution is 6.35. The molecule has 1 aliphatic rings. The number of imidazole rings is 1. The van der Waals surface area contributed by atoms with Crippen molar-refractivity contribution in [2.24, 2.45) is 0 Å². The fourth-order valence-corrected chi connectivity index (χ4v) is 4.45. The molecule has 1 aromatic carbocycles. The van der Waals surface area contributed by atoms with Gasteiger partial charge in [-0.3, -0.25) is 24.6 Å². The molecule has 2 aromatic rings. The molecule has 1 saturated heterocycles. The van der Waals surface area contributed by atoms with Crippen LogP contribution < -0.4 is 10.6 Å². The topological polar surface area (TPSA) is 160 Å². The Kier molecular flexibility index (Phi) is 9.94. The maximum absolute atomic E-state index is 13.3. The van der Waals surface area contributed by atoms with E-state index in [0.29, 0.717) is 25.1 Å².